The van der Waals surface area contributed by atoms with Gasteiger partial charge in [0.1, 0.15) is 0 Å². The second-order valence-electron chi connectivity index (χ2n) is 4.21. The number of halogens is 2. The molecule has 0 amide bonds. The van der Waals surface area contributed by atoms with Gasteiger partial charge in [-0.2, -0.15) is 0 Å². The van der Waals surface area contributed by atoms with E-state index < -0.39 is 0 Å². The van der Waals surface area contributed by atoms with Gasteiger partial charge in [0.25, 0.3) is 0 Å². The first kappa shape index (κ1) is 12.8. The molecule has 1 atom stereocenters. The number of aryl methyl sites for hydroxylation is 1. The maximum Gasteiger partial charge on any atom is 0.0436 e. The Labute approximate surface area is 119 Å². The number of benzene rings is 2. The van der Waals surface area contributed by atoms with Gasteiger partial charge in [-0.05, 0) is 36.6 Å². The molecule has 0 aromatic heterocycles. The van der Waals surface area contributed by atoms with Crippen molar-refractivity contribution in [1.29, 1.82) is 0 Å². The molecule has 0 saturated carbocycles. The third-order valence-corrected chi connectivity index (χ3v) is 4.09. The Morgan fingerprint density at radius 1 is 1.06 bits per heavy atom. The summed E-state index contributed by atoms with van der Waals surface area (Å²) in [4.78, 5) is 0.364. The van der Waals surface area contributed by atoms with Gasteiger partial charge in [0, 0.05) is 9.30 Å². The topological polar surface area (TPSA) is 0 Å². The lowest BCUT2D eigenvalue weighted by atomic mass is 10.0. The van der Waals surface area contributed by atoms with E-state index in [2.05, 4.69) is 87.3 Å². The molecule has 0 bridgehead atoms. The van der Waals surface area contributed by atoms with E-state index in [1.807, 2.05) is 0 Å². The highest BCUT2D eigenvalue weighted by Crippen LogP contribution is 2.28. The maximum atomic E-state index is 3.75. The van der Waals surface area contributed by atoms with Gasteiger partial charge in [0.05, 0.1) is 0 Å². The average Bonchev–Trinajstić information content (AvgIpc) is 2.32. The number of hydrogen-bond donors (Lipinski definition) is 0. The molecule has 2 rings (SSSR count). The van der Waals surface area contributed by atoms with Crippen LogP contribution in [0.2, 0.25) is 0 Å². The van der Waals surface area contributed by atoms with Crippen molar-refractivity contribution >= 4 is 31.9 Å². The smallest absolute Gasteiger partial charge is 0.0436 e. The van der Waals surface area contributed by atoms with Gasteiger partial charge in [0.15, 0.2) is 0 Å². The van der Waals surface area contributed by atoms with E-state index in [0.29, 0.717) is 4.83 Å². The second-order valence-corrected chi connectivity index (χ2v) is 6.23. The Morgan fingerprint density at radius 3 is 2.41 bits per heavy atom. The summed E-state index contributed by atoms with van der Waals surface area (Å²) in [6.45, 7) is 2.11. The van der Waals surface area contributed by atoms with Crippen molar-refractivity contribution < 1.29 is 0 Å². The van der Waals surface area contributed by atoms with E-state index in [-0.39, 0.29) is 0 Å². The van der Waals surface area contributed by atoms with Crippen LogP contribution in [0.15, 0.2) is 53.0 Å². The van der Waals surface area contributed by atoms with E-state index in [9.17, 15) is 0 Å². The second kappa shape index (κ2) is 5.83. The van der Waals surface area contributed by atoms with Gasteiger partial charge in [0.2, 0.25) is 0 Å². The van der Waals surface area contributed by atoms with Crippen molar-refractivity contribution in [3.63, 3.8) is 0 Å². The summed E-state index contributed by atoms with van der Waals surface area (Å²) in [6.07, 6.45) is 1.01. The van der Waals surface area contributed by atoms with Crippen molar-refractivity contribution in [2.45, 2.75) is 18.2 Å². The van der Waals surface area contributed by atoms with Crippen LogP contribution in [0.3, 0.4) is 0 Å². The minimum Gasteiger partial charge on any atom is -0.0835 e. The zero-order valence-corrected chi connectivity index (χ0v) is 12.8. The van der Waals surface area contributed by atoms with Crippen LogP contribution in [-0.4, -0.2) is 0 Å². The molecule has 0 aliphatic rings. The normalized spacial score (nSPS) is 12.4. The lowest BCUT2D eigenvalue weighted by Gasteiger charge is -2.11. The average molecular weight is 354 g/mol. The largest absolute Gasteiger partial charge is 0.0835 e. The predicted octanol–water partition coefficient (Wildman–Crippen LogP) is 5.44. The quantitative estimate of drug-likeness (QED) is 0.645. The van der Waals surface area contributed by atoms with Crippen LogP contribution in [0, 0.1) is 6.92 Å². The zero-order valence-electron chi connectivity index (χ0n) is 9.66. The van der Waals surface area contributed by atoms with Crippen LogP contribution in [0.25, 0.3) is 0 Å². The Balaban J connectivity index is 2.11. The molecule has 0 spiro atoms. The Hall–Kier alpha value is -0.600. The molecule has 2 heteroatoms. The van der Waals surface area contributed by atoms with E-state index in [0.717, 1.165) is 10.9 Å². The highest BCUT2D eigenvalue weighted by atomic mass is 79.9. The number of alkyl halides is 1. The molecule has 2 aromatic carbocycles. The standard InChI is InChI=1S/C15H14Br2/c1-11-5-7-12(8-6-11)9-15(17)13-3-2-4-14(16)10-13/h2-8,10,15H,9H2,1H3. The molecule has 0 aliphatic carbocycles. The van der Waals surface area contributed by atoms with Crippen molar-refractivity contribution in [3.8, 4) is 0 Å². The lowest BCUT2D eigenvalue weighted by molar-refractivity contribution is 0.947. The SMILES string of the molecule is Cc1ccc(CC(Br)c2cccc(Br)c2)cc1. The summed E-state index contributed by atoms with van der Waals surface area (Å²) < 4.78 is 1.13. The van der Waals surface area contributed by atoms with Gasteiger partial charge < -0.3 is 0 Å². The van der Waals surface area contributed by atoms with Crippen molar-refractivity contribution in [2.24, 2.45) is 0 Å². The van der Waals surface area contributed by atoms with Crippen LogP contribution in [0.4, 0.5) is 0 Å². The first-order chi connectivity index (χ1) is 8.15. The molecule has 0 N–H and O–H groups in total. The Bertz CT molecular complexity index is 489. The van der Waals surface area contributed by atoms with E-state index >= 15 is 0 Å². The summed E-state index contributed by atoms with van der Waals surface area (Å²) in [5.74, 6) is 0. The van der Waals surface area contributed by atoms with Gasteiger partial charge in [-0.3, -0.25) is 0 Å². The molecule has 1 unspecified atom stereocenters. The fourth-order valence-corrected chi connectivity index (χ4v) is 2.83. The monoisotopic (exact) mass is 352 g/mol. The fraction of sp³-hybridized carbons (Fsp3) is 0.200. The summed E-state index contributed by atoms with van der Waals surface area (Å²) in [6, 6.07) is 17.2. The molecule has 0 heterocycles. The van der Waals surface area contributed by atoms with Crippen molar-refractivity contribution in [2.75, 3.05) is 0 Å². The molecule has 0 nitrogen and oxygen atoms in total. The van der Waals surface area contributed by atoms with Crippen molar-refractivity contribution in [3.05, 3.63) is 69.7 Å². The molecule has 0 radical (unpaired) electrons. The highest BCUT2D eigenvalue weighted by molar-refractivity contribution is 9.10. The van der Waals surface area contributed by atoms with Gasteiger partial charge in [-0.25, -0.2) is 0 Å². The number of hydrogen-bond acceptors (Lipinski definition) is 0. The molecular weight excluding hydrogens is 340 g/mol. The molecule has 0 fully saturated rings. The van der Waals surface area contributed by atoms with Crippen LogP contribution < -0.4 is 0 Å². The van der Waals surface area contributed by atoms with Gasteiger partial charge in [-0.1, -0.05) is 73.8 Å². The highest BCUT2D eigenvalue weighted by Gasteiger charge is 2.08. The zero-order chi connectivity index (χ0) is 12.3. The summed E-state index contributed by atoms with van der Waals surface area (Å²) in [7, 11) is 0. The first-order valence-corrected chi connectivity index (χ1v) is 7.31. The van der Waals surface area contributed by atoms with Crippen LogP contribution in [0.5, 0.6) is 0 Å². The maximum absolute atomic E-state index is 3.75. The molecule has 17 heavy (non-hydrogen) atoms. The summed E-state index contributed by atoms with van der Waals surface area (Å²) >= 11 is 7.26. The van der Waals surface area contributed by atoms with Crippen LogP contribution >= 0.6 is 31.9 Å². The van der Waals surface area contributed by atoms with Gasteiger partial charge in [-0.15, -0.1) is 0 Å². The fourth-order valence-electron chi connectivity index (χ4n) is 1.75. The van der Waals surface area contributed by atoms with E-state index in [1.54, 1.807) is 0 Å². The summed E-state index contributed by atoms with van der Waals surface area (Å²) in [5.41, 5.74) is 3.97. The Morgan fingerprint density at radius 2 is 1.76 bits per heavy atom. The van der Waals surface area contributed by atoms with Crippen LogP contribution in [0.1, 0.15) is 21.5 Å². The predicted molar refractivity (Wildman–Crippen MR) is 80.7 cm³/mol. The molecule has 88 valence electrons. The third kappa shape index (κ3) is 3.68. The minimum atomic E-state index is 0.364. The summed E-state index contributed by atoms with van der Waals surface area (Å²) in [5, 5.41) is 0. The molecule has 0 aliphatic heterocycles. The first-order valence-electron chi connectivity index (χ1n) is 5.60. The number of rotatable bonds is 3. The van der Waals surface area contributed by atoms with Crippen molar-refractivity contribution in [1.82, 2.24) is 0 Å². The molecule has 2 aromatic rings. The molecule has 0 saturated heterocycles. The third-order valence-electron chi connectivity index (χ3n) is 2.75. The minimum absolute atomic E-state index is 0.364. The van der Waals surface area contributed by atoms with E-state index in [1.165, 1.54) is 16.7 Å². The van der Waals surface area contributed by atoms with E-state index in [4.69, 9.17) is 0 Å². The van der Waals surface area contributed by atoms with Gasteiger partial charge >= 0.3 is 0 Å². The lowest BCUT2D eigenvalue weighted by Crippen LogP contribution is -1.95. The Kier molecular flexibility index (Phi) is 4.41. The van der Waals surface area contributed by atoms with Crippen LogP contribution in [-0.2, 0) is 6.42 Å². The molecular formula is C15H14Br2.